The van der Waals surface area contributed by atoms with Crippen LogP contribution in [0.4, 0.5) is 29.6 Å². The molecule has 0 saturated heterocycles. The van der Waals surface area contributed by atoms with Crippen LogP contribution in [0.25, 0.3) is 5.57 Å². The zero-order chi connectivity index (χ0) is 30.2. The smallest absolute Gasteiger partial charge is 0.407 e. The number of methoxy groups -OCH3 is 1. The highest BCUT2D eigenvalue weighted by Gasteiger charge is 2.23. The number of carbonyl (C=O) groups is 1. The SMILES string of the molecule is COC(=O)N[C@@H](C)CNc1nccc(C(S)/C(=C\NC(C)(C)C)c2cncc(NSc3c(F)cccc3F)c2F)n1. The third kappa shape index (κ3) is 9.18. The molecule has 0 saturated carbocycles. The molecule has 4 N–H and O–H groups in total. The molecule has 41 heavy (non-hydrogen) atoms. The normalized spacial score (nSPS) is 13.2. The summed E-state index contributed by atoms with van der Waals surface area (Å²) in [6.07, 6.45) is 5.18. The van der Waals surface area contributed by atoms with Crippen LogP contribution < -0.4 is 20.7 Å². The molecular weight excluding hydrogens is 575 g/mol. The number of aromatic nitrogens is 3. The Morgan fingerprint density at radius 2 is 1.88 bits per heavy atom. The molecule has 9 nitrogen and oxygen atoms in total. The van der Waals surface area contributed by atoms with E-state index in [0.29, 0.717) is 29.8 Å². The molecular formula is C27H32F3N7O2S2. The average molecular weight is 608 g/mol. The van der Waals surface area contributed by atoms with Crippen molar-refractivity contribution >= 4 is 47.9 Å². The van der Waals surface area contributed by atoms with Crippen LogP contribution in [0.15, 0.2) is 54.0 Å². The van der Waals surface area contributed by atoms with Crippen molar-refractivity contribution in [3.05, 3.63) is 77.8 Å². The molecule has 1 aromatic carbocycles. The Balaban J connectivity index is 1.89. The van der Waals surface area contributed by atoms with Gasteiger partial charge in [-0.05, 0) is 63.4 Å². The summed E-state index contributed by atoms with van der Waals surface area (Å²) in [5.74, 6) is -1.97. The van der Waals surface area contributed by atoms with E-state index >= 15 is 4.39 Å². The number of ether oxygens (including phenoxy) is 1. The minimum Gasteiger partial charge on any atom is -0.453 e. The molecule has 1 unspecified atom stereocenters. The van der Waals surface area contributed by atoms with E-state index in [4.69, 9.17) is 12.6 Å². The molecule has 2 heterocycles. The van der Waals surface area contributed by atoms with Crippen molar-refractivity contribution < 1.29 is 22.7 Å². The van der Waals surface area contributed by atoms with Crippen molar-refractivity contribution in [2.75, 3.05) is 23.7 Å². The summed E-state index contributed by atoms with van der Waals surface area (Å²) < 4.78 is 51.3. The third-order valence-electron chi connectivity index (χ3n) is 5.40. The number of thiol groups is 1. The first kappa shape index (κ1) is 31.9. The number of nitrogens with one attached hydrogen (secondary N) is 4. The summed E-state index contributed by atoms with van der Waals surface area (Å²) >= 11 is 5.37. The zero-order valence-electron chi connectivity index (χ0n) is 23.1. The maximum absolute atomic E-state index is 15.8. The Labute approximate surface area is 246 Å². The van der Waals surface area contributed by atoms with Crippen molar-refractivity contribution in [3.63, 3.8) is 0 Å². The van der Waals surface area contributed by atoms with Crippen molar-refractivity contribution in [1.82, 2.24) is 25.6 Å². The van der Waals surface area contributed by atoms with Gasteiger partial charge in [0.05, 0.1) is 34.8 Å². The van der Waals surface area contributed by atoms with Gasteiger partial charge < -0.3 is 25.4 Å². The lowest BCUT2D eigenvalue weighted by Crippen LogP contribution is -2.37. The number of anilines is 2. The van der Waals surface area contributed by atoms with Crippen LogP contribution in [0.2, 0.25) is 0 Å². The Morgan fingerprint density at radius 1 is 1.17 bits per heavy atom. The van der Waals surface area contributed by atoms with Gasteiger partial charge in [0.2, 0.25) is 5.95 Å². The fraction of sp³-hybridized carbons (Fsp3) is 0.333. The predicted molar refractivity (Wildman–Crippen MR) is 158 cm³/mol. The van der Waals surface area contributed by atoms with Gasteiger partial charge in [0.25, 0.3) is 0 Å². The Kier molecular flexibility index (Phi) is 11.1. The van der Waals surface area contributed by atoms with Crippen LogP contribution in [0.1, 0.15) is 44.2 Å². The van der Waals surface area contributed by atoms with E-state index in [-0.39, 0.29) is 33.7 Å². The molecule has 0 radical (unpaired) electrons. The van der Waals surface area contributed by atoms with Gasteiger partial charge in [-0.2, -0.15) is 12.6 Å². The number of hydrogen-bond acceptors (Lipinski definition) is 10. The molecule has 0 aliphatic heterocycles. The first-order valence-electron chi connectivity index (χ1n) is 12.5. The van der Waals surface area contributed by atoms with E-state index in [2.05, 4.69) is 40.4 Å². The molecule has 220 valence electrons. The topological polar surface area (TPSA) is 113 Å². The predicted octanol–water partition coefficient (Wildman–Crippen LogP) is 5.96. The maximum Gasteiger partial charge on any atom is 0.407 e. The van der Waals surface area contributed by atoms with Crippen LogP contribution in [0.3, 0.4) is 0 Å². The second-order valence-electron chi connectivity index (χ2n) is 9.92. The number of halogens is 3. The zero-order valence-corrected chi connectivity index (χ0v) is 24.8. The van der Waals surface area contributed by atoms with Gasteiger partial charge in [0, 0.05) is 42.3 Å². The molecule has 3 aromatic rings. The second-order valence-corrected chi connectivity index (χ2v) is 11.3. The first-order chi connectivity index (χ1) is 19.4. The van der Waals surface area contributed by atoms with E-state index in [1.54, 1.807) is 19.2 Å². The average Bonchev–Trinajstić information content (AvgIpc) is 2.92. The summed E-state index contributed by atoms with van der Waals surface area (Å²) in [5, 5.41) is 8.17. The highest BCUT2D eigenvalue weighted by atomic mass is 32.2. The number of hydrogen-bond donors (Lipinski definition) is 5. The van der Waals surface area contributed by atoms with Crippen LogP contribution in [0, 0.1) is 17.5 Å². The quantitative estimate of drug-likeness (QED) is 0.133. The van der Waals surface area contributed by atoms with Crippen molar-refractivity contribution in [2.45, 2.75) is 49.4 Å². The maximum atomic E-state index is 15.8. The van der Waals surface area contributed by atoms with Crippen LogP contribution in [0.5, 0.6) is 0 Å². The van der Waals surface area contributed by atoms with E-state index in [9.17, 15) is 13.6 Å². The largest absolute Gasteiger partial charge is 0.453 e. The van der Waals surface area contributed by atoms with Crippen molar-refractivity contribution in [1.29, 1.82) is 0 Å². The third-order valence-corrected chi connectivity index (χ3v) is 6.86. The fourth-order valence-corrected chi connectivity index (χ4v) is 4.37. The summed E-state index contributed by atoms with van der Waals surface area (Å²) in [6.45, 7) is 7.92. The molecule has 2 aromatic heterocycles. The summed E-state index contributed by atoms with van der Waals surface area (Å²) in [6, 6.07) is 4.85. The van der Waals surface area contributed by atoms with Gasteiger partial charge in [-0.15, -0.1) is 0 Å². The Hall–Kier alpha value is -3.65. The Bertz CT molecular complexity index is 1370. The number of alkyl carbamates (subject to hydrolysis) is 1. The Morgan fingerprint density at radius 3 is 2.54 bits per heavy atom. The van der Waals surface area contributed by atoms with E-state index in [0.717, 1.165) is 12.1 Å². The van der Waals surface area contributed by atoms with Gasteiger partial charge in [-0.3, -0.25) is 4.98 Å². The van der Waals surface area contributed by atoms with E-state index < -0.39 is 28.8 Å². The molecule has 14 heteroatoms. The summed E-state index contributed by atoms with van der Waals surface area (Å²) in [7, 11) is 1.28. The van der Waals surface area contributed by atoms with Crippen molar-refractivity contribution in [3.8, 4) is 0 Å². The fourth-order valence-electron chi connectivity index (χ4n) is 3.33. The lowest BCUT2D eigenvalue weighted by atomic mass is 10.0. The van der Waals surface area contributed by atoms with Crippen LogP contribution >= 0.6 is 24.6 Å². The van der Waals surface area contributed by atoms with E-state index in [1.165, 1.54) is 31.8 Å². The van der Waals surface area contributed by atoms with Crippen LogP contribution in [-0.4, -0.2) is 46.3 Å². The van der Waals surface area contributed by atoms with Crippen molar-refractivity contribution in [2.24, 2.45) is 0 Å². The molecule has 0 aliphatic carbocycles. The molecule has 3 rings (SSSR count). The molecule has 1 amide bonds. The number of rotatable bonds is 11. The molecule has 2 atom stereocenters. The standard InChI is InChI=1S/C27H32F3N7O2S2/c1-15(35-26(38)39-5)11-33-25-32-10-9-20(36-25)23(40)17(13-34-27(2,3)4)16-12-31-14-21(22(16)30)37-41-24-18(28)7-6-8-19(24)29/h6-10,12-15,23,34,37,40H,11H2,1-5H3,(H,35,38)(H,32,33,36)/b17-13-/t15-,23?/m0/s1. The highest BCUT2D eigenvalue weighted by Crippen LogP contribution is 2.37. The van der Waals surface area contributed by atoms with Gasteiger partial charge in [0.1, 0.15) is 11.6 Å². The number of nitrogens with zero attached hydrogens (tertiary/aromatic N) is 3. The highest BCUT2D eigenvalue weighted by molar-refractivity contribution is 8.00. The van der Waals surface area contributed by atoms with Gasteiger partial charge in [-0.1, -0.05) is 6.07 Å². The lowest BCUT2D eigenvalue weighted by Gasteiger charge is -2.23. The molecule has 0 fully saturated rings. The summed E-state index contributed by atoms with van der Waals surface area (Å²) in [4.78, 5) is 24.0. The minimum atomic E-state index is -0.777. The van der Waals surface area contributed by atoms with Crippen LogP contribution in [-0.2, 0) is 4.74 Å². The minimum absolute atomic E-state index is 0.0746. The lowest BCUT2D eigenvalue weighted by molar-refractivity contribution is 0.168. The number of carbonyl (C=O) groups excluding carboxylic acids is 1. The second kappa shape index (κ2) is 14.3. The van der Waals surface area contributed by atoms with E-state index in [1.807, 2.05) is 20.8 Å². The number of pyridine rings is 1. The molecule has 0 spiro atoms. The number of amides is 1. The first-order valence-corrected chi connectivity index (χ1v) is 13.8. The number of benzene rings is 1. The monoisotopic (exact) mass is 607 g/mol. The molecule has 0 bridgehead atoms. The summed E-state index contributed by atoms with van der Waals surface area (Å²) in [5.41, 5.74) is 0.531. The van der Waals surface area contributed by atoms with Gasteiger partial charge in [-0.25, -0.2) is 27.9 Å². The van der Waals surface area contributed by atoms with Gasteiger partial charge >= 0.3 is 6.09 Å². The molecule has 0 aliphatic rings. The van der Waals surface area contributed by atoms with Gasteiger partial charge in [0.15, 0.2) is 5.82 Å².